The number of thiophene rings is 2. The van der Waals surface area contributed by atoms with Gasteiger partial charge in [-0.05, 0) is 116 Å². The van der Waals surface area contributed by atoms with Crippen LogP contribution < -0.4 is 10.4 Å². The molecule has 0 aliphatic rings. The molecule has 7 heteroatoms. The number of para-hydroxylation sites is 4. The molecule has 15 aromatic rings. The summed E-state index contributed by atoms with van der Waals surface area (Å²) in [5.74, 6) is 0.750. The molecular formula is C65H40N4OS2. The van der Waals surface area contributed by atoms with E-state index >= 15 is 0 Å². The van der Waals surface area contributed by atoms with E-state index in [0.717, 1.165) is 82.8 Å². The van der Waals surface area contributed by atoms with E-state index in [1.54, 1.807) is 11.3 Å². The summed E-state index contributed by atoms with van der Waals surface area (Å²) < 4.78 is 12.5. The monoisotopic (exact) mass is 956 g/mol. The molecule has 0 fully saturated rings. The van der Waals surface area contributed by atoms with E-state index in [2.05, 4.69) is 216 Å². The van der Waals surface area contributed by atoms with Crippen LogP contribution in [-0.4, -0.2) is 19.1 Å². The van der Waals surface area contributed by atoms with Gasteiger partial charge in [0.1, 0.15) is 16.8 Å². The summed E-state index contributed by atoms with van der Waals surface area (Å²) >= 11 is 3.58. The number of fused-ring (bicyclic) bond motifs is 14. The van der Waals surface area contributed by atoms with Gasteiger partial charge in [0.05, 0.1) is 26.8 Å². The summed E-state index contributed by atoms with van der Waals surface area (Å²) in [4.78, 5) is 13.6. The normalized spacial score (nSPS) is 12.4. The summed E-state index contributed by atoms with van der Waals surface area (Å²) in [6.07, 6.45) is 2.34. The van der Waals surface area contributed by atoms with Crippen molar-refractivity contribution in [2.75, 3.05) is 0 Å². The van der Waals surface area contributed by atoms with Crippen molar-refractivity contribution in [1.29, 1.82) is 0 Å². The van der Waals surface area contributed by atoms with Crippen LogP contribution in [0.2, 0.25) is 0 Å². The second-order valence-electron chi connectivity index (χ2n) is 18.6. The van der Waals surface area contributed by atoms with E-state index in [-0.39, 0.29) is 0 Å². The second-order valence-corrected chi connectivity index (χ2v) is 20.8. The van der Waals surface area contributed by atoms with Gasteiger partial charge < -0.3 is 8.98 Å². The molecule has 15 rings (SSSR count). The number of aryl methyl sites for hydroxylation is 1. The molecule has 0 aliphatic heterocycles. The lowest BCUT2D eigenvalue weighted by atomic mass is 9.94. The maximum Gasteiger partial charge on any atom is 0.247 e. The van der Waals surface area contributed by atoms with Gasteiger partial charge in [-0.2, -0.15) is 0 Å². The van der Waals surface area contributed by atoms with Crippen molar-refractivity contribution in [3.8, 4) is 44.3 Å². The zero-order valence-electron chi connectivity index (χ0n) is 38.9. The van der Waals surface area contributed by atoms with Crippen LogP contribution >= 0.6 is 22.7 Å². The Hall–Kier alpha value is -8.88. The molecule has 0 radical (unpaired) electrons. The quantitative estimate of drug-likeness (QED) is 0.167. The molecular weight excluding hydrogens is 917 g/mol. The molecule has 0 unspecified atom stereocenters. The first kappa shape index (κ1) is 41.0. The molecule has 72 heavy (non-hydrogen) atoms. The van der Waals surface area contributed by atoms with E-state index in [1.165, 1.54) is 63.4 Å². The lowest BCUT2D eigenvalue weighted by molar-refractivity contribution is 0.653. The molecule has 0 amide bonds. The van der Waals surface area contributed by atoms with E-state index in [4.69, 9.17) is 14.4 Å². The standard InChI is InChI=1S/C65H40N4OS2/c1-38-15-6-7-16-42(38)35-51-39(2)72-63-59(51)48-33-31-43(44-30-32-47-46-19-8-11-22-53(46)68(55(47)37-44)45-17-4-3-5-18-45)36-52(48)58-49-20-9-12-23-54(49)69(62(58)63)64-60(41-28-26-40(27-29-41)57-25-14-34-71-57)67-65-61(66-64)50-21-10-13-24-56(50)70-65/h3-37H,1H2,2H3/b42-35-. The van der Waals surface area contributed by atoms with Crippen molar-refractivity contribution >= 4 is 122 Å². The van der Waals surface area contributed by atoms with Crippen molar-refractivity contribution < 1.29 is 4.42 Å². The van der Waals surface area contributed by atoms with Gasteiger partial charge in [0.25, 0.3) is 0 Å². The summed E-state index contributed by atoms with van der Waals surface area (Å²) in [6, 6.07) is 71.8. The Bertz CT molecular complexity index is 4830. The average molecular weight is 957 g/mol. The van der Waals surface area contributed by atoms with Crippen LogP contribution in [0.5, 0.6) is 0 Å². The number of aromatic nitrogens is 4. The number of benzene rings is 9. The molecule has 0 atom stereocenters. The minimum Gasteiger partial charge on any atom is -0.436 e. The van der Waals surface area contributed by atoms with Crippen LogP contribution in [0.25, 0.3) is 144 Å². The first-order chi connectivity index (χ1) is 35.5. The third-order valence-corrected chi connectivity index (χ3v) is 16.6. The number of rotatable bonds is 6. The Labute approximate surface area is 420 Å². The summed E-state index contributed by atoms with van der Waals surface area (Å²) in [6.45, 7) is 6.71. The van der Waals surface area contributed by atoms with Gasteiger partial charge in [0, 0.05) is 53.3 Å². The molecule has 338 valence electrons. The number of furan rings is 1. The van der Waals surface area contributed by atoms with Gasteiger partial charge in [-0.3, -0.25) is 4.57 Å². The van der Waals surface area contributed by atoms with Gasteiger partial charge in [0.15, 0.2) is 5.82 Å². The van der Waals surface area contributed by atoms with Gasteiger partial charge in [-0.25, -0.2) is 9.97 Å². The highest BCUT2D eigenvalue weighted by Gasteiger charge is 2.27. The number of nitrogens with zero attached hydrogens (tertiary/aromatic N) is 4. The number of hydrogen-bond acceptors (Lipinski definition) is 5. The van der Waals surface area contributed by atoms with Gasteiger partial charge in [-0.1, -0.05) is 152 Å². The highest BCUT2D eigenvalue weighted by Crippen LogP contribution is 2.49. The Balaban J connectivity index is 1.07. The average Bonchev–Trinajstić information content (AvgIpc) is 4.28. The Kier molecular flexibility index (Phi) is 9.00. The fraction of sp³-hybridized carbons (Fsp3) is 0.0154. The Morgan fingerprint density at radius 2 is 1.19 bits per heavy atom. The van der Waals surface area contributed by atoms with Crippen LogP contribution in [0, 0.1) is 6.92 Å². The molecule has 5 nitrogen and oxygen atoms in total. The predicted octanol–water partition coefficient (Wildman–Crippen LogP) is 16.5. The second kappa shape index (κ2) is 15.8. The fourth-order valence-corrected chi connectivity index (χ4v) is 13.1. The maximum atomic E-state index is 6.50. The van der Waals surface area contributed by atoms with E-state index in [1.807, 2.05) is 29.5 Å². The first-order valence-electron chi connectivity index (χ1n) is 24.1. The van der Waals surface area contributed by atoms with Gasteiger partial charge in [-0.15, -0.1) is 22.7 Å². The SMILES string of the molecule is C=c1cccc/c1=C/c1c(C)sc2c1c1ccc(-c3ccc4c5ccccc5n(-c5ccccc5)c4c3)cc1c1c3ccccc3n(-c3nc4c(nc3-c3ccc(-c5cccs5)cc3)oc3ccccc34)c21. The zero-order chi connectivity index (χ0) is 47.6. The smallest absolute Gasteiger partial charge is 0.247 e. The van der Waals surface area contributed by atoms with Crippen molar-refractivity contribution in [3.05, 3.63) is 226 Å². The van der Waals surface area contributed by atoms with E-state index < -0.39 is 0 Å². The molecule has 0 spiro atoms. The van der Waals surface area contributed by atoms with Gasteiger partial charge >= 0.3 is 0 Å². The van der Waals surface area contributed by atoms with Crippen molar-refractivity contribution in [1.82, 2.24) is 19.1 Å². The zero-order valence-corrected chi connectivity index (χ0v) is 40.6. The van der Waals surface area contributed by atoms with Crippen LogP contribution in [0.1, 0.15) is 10.4 Å². The van der Waals surface area contributed by atoms with E-state index in [9.17, 15) is 0 Å². The molecule has 0 saturated heterocycles. The lowest BCUT2D eigenvalue weighted by Crippen LogP contribution is -2.21. The van der Waals surface area contributed by atoms with Crippen molar-refractivity contribution in [2.24, 2.45) is 0 Å². The highest BCUT2D eigenvalue weighted by atomic mass is 32.1. The predicted molar refractivity (Wildman–Crippen MR) is 305 cm³/mol. The van der Waals surface area contributed by atoms with Crippen LogP contribution in [0.15, 0.2) is 210 Å². The number of hydrogen-bond donors (Lipinski definition) is 0. The Morgan fingerprint density at radius 1 is 0.528 bits per heavy atom. The van der Waals surface area contributed by atoms with Crippen LogP contribution in [0.3, 0.4) is 0 Å². The molecule has 9 aromatic carbocycles. The van der Waals surface area contributed by atoms with Crippen molar-refractivity contribution in [3.63, 3.8) is 0 Å². The van der Waals surface area contributed by atoms with Gasteiger partial charge in [0.2, 0.25) is 5.71 Å². The molecule has 0 aliphatic carbocycles. The summed E-state index contributed by atoms with van der Waals surface area (Å²) in [7, 11) is 0. The van der Waals surface area contributed by atoms with Crippen molar-refractivity contribution in [2.45, 2.75) is 6.92 Å². The largest absolute Gasteiger partial charge is 0.436 e. The summed E-state index contributed by atoms with van der Waals surface area (Å²) in [5.41, 5.74) is 14.0. The topological polar surface area (TPSA) is 48.8 Å². The van der Waals surface area contributed by atoms with Crippen LogP contribution in [-0.2, 0) is 0 Å². The lowest BCUT2D eigenvalue weighted by Gasteiger charge is -2.14. The summed E-state index contributed by atoms with van der Waals surface area (Å²) in [5, 5.41) is 13.5. The van der Waals surface area contributed by atoms with E-state index in [0.29, 0.717) is 5.71 Å². The fourth-order valence-electron chi connectivity index (χ4n) is 11.2. The molecule has 6 heterocycles. The first-order valence-corrected chi connectivity index (χ1v) is 25.8. The maximum absolute atomic E-state index is 6.50. The third-order valence-electron chi connectivity index (χ3n) is 14.5. The highest BCUT2D eigenvalue weighted by molar-refractivity contribution is 7.20. The third kappa shape index (κ3) is 6.11. The molecule has 6 aromatic heterocycles. The molecule has 0 N–H and O–H groups in total. The molecule has 0 saturated carbocycles. The minimum atomic E-state index is 0.511. The Morgan fingerprint density at radius 3 is 2.00 bits per heavy atom. The molecule has 0 bridgehead atoms. The minimum absolute atomic E-state index is 0.511. The van der Waals surface area contributed by atoms with Crippen LogP contribution in [0.4, 0.5) is 0 Å².